The van der Waals surface area contributed by atoms with E-state index in [9.17, 15) is 9.59 Å². The van der Waals surface area contributed by atoms with Gasteiger partial charge in [0.15, 0.2) is 18.1 Å². The zero-order chi connectivity index (χ0) is 18.5. The number of benzene rings is 2. The number of hydrogen-bond donors (Lipinski definition) is 1. The molecule has 6 nitrogen and oxygen atoms in total. The van der Waals surface area contributed by atoms with E-state index in [1.807, 2.05) is 0 Å². The number of carbonyl (C=O) groups is 2. The number of hydrogen-bond acceptors (Lipinski definition) is 5. The van der Waals surface area contributed by atoms with Crippen LogP contribution in [0.5, 0.6) is 11.5 Å². The summed E-state index contributed by atoms with van der Waals surface area (Å²) in [6.45, 7) is 1.58. The maximum absolute atomic E-state index is 11.9. The zero-order valence-electron chi connectivity index (χ0n) is 14.0. The summed E-state index contributed by atoms with van der Waals surface area (Å²) in [6.07, 6.45) is 2.82. The Morgan fingerprint density at radius 3 is 2.88 bits per heavy atom. The number of rotatable bonds is 5. The van der Waals surface area contributed by atoms with Crippen LogP contribution in [-0.2, 0) is 14.3 Å². The van der Waals surface area contributed by atoms with Gasteiger partial charge < -0.3 is 19.5 Å². The van der Waals surface area contributed by atoms with Crippen molar-refractivity contribution in [1.82, 2.24) is 0 Å². The summed E-state index contributed by atoms with van der Waals surface area (Å²) in [4.78, 5) is 23.7. The summed E-state index contributed by atoms with van der Waals surface area (Å²) >= 11 is 6.00. The fourth-order valence-electron chi connectivity index (χ4n) is 2.30. The normalized spacial score (nSPS) is 12.2. The average Bonchev–Trinajstić information content (AvgIpc) is 3.10. The molecule has 0 saturated heterocycles. The molecule has 0 aliphatic carbocycles. The number of carbonyl (C=O) groups excluding carboxylic acids is 2. The van der Waals surface area contributed by atoms with Crippen LogP contribution in [0.25, 0.3) is 6.08 Å². The molecule has 1 N–H and O–H groups in total. The molecule has 1 amide bonds. The minimum Gasteiger partial charge on any atom is -0.454 e. The molecule has 1 aliphatic rings. The lowest BCUT2D eigenvalue weighted by molar-refractivity contribution is -0.142. The fraction of sp³-hybridized carbons (Fsp3) is 0.158. The second-order valence-electron chi connectivity index (χ2n) is 5.51. The van der Waals surface area contributed by atoms with Gasteiger partial charge in [0.1, 0.15) is 0 Å². The van der Waals surface area contributed by atoms with Crippen molar-refractivity contribution in [2.45, 2.75) is 6.92 Å². The van der Waals surface area contributed by atoms with E-state index in [4.69, 9.17) is 25.8 Å². The molecule has 0 fully saturated rings. The van der Waals surface area contributed by atoms with E-state index in [0.717, 1.165) is 11.1 Å². The molecular weight excluding hydrogens is 358 g/mol. The number of anilines is 1. The van der Waals surface area contributed by atoms with Gasteiger partial charge in [-0.15, -0.1) is 0 Å². The highest BCUT2D eigenvalue weighted by atomic mass is 35.5. The van der Waals surface area contributed by atoms with Crippen molar-refractivity contribution in [2.75, 3.05) is 18.7 Å². The second kappa shape index (κ2) is 7.93. The minimum atomic E-state index is -0.624. The number of fused-ring (bicyclic) bond motifs is 1. The molecule has 0 bridgehead atoms. The molecule has 2 aromatic carbocycles. The highest BCUT2D eigenvalue weighted by Crippen LogP contribution is 2.32. The van der Waals surface area contributed by atoms with E-state index >= 15 is 0 Å². The quantitative estimate of drug-likeness (QED) is 0.640. The standard InChI is InChI=1S/C19H16ClNO5/c1-12-14(20)3-2-4-15(12)21-18(22)10-24-19(23)8-6-13-5-7-16-17(9-13)26-11-25-16/h2-9H,10-11H2,1H3,(H,21,22)/b8-6+. The van der Waals surface area contributed by atoms with Crippen molar-refractivity contribution in [3.8, 4) is 11.5 Å². The fourth-order valence-corrected chi connectivity index (χ4v) is 2.47. The Morgan fingerprint density at radius 2 is 2.04 bits per heavy atom. The Kier molecular flexibility index (Phi) is 5.43. The Bertz CT molecular complexity index is 878. The molecule has 7 heteroatoms. The van der Waals surface area contributed by atoms with Gasteiger partial charge in [0.2, 0.25) is 6.79 Å². The topological polar surface area (TPSA) is 73.9 Å². The predicted molar refractivity (Wildman–Crippen MR) is 97.4 cm³/mol. The third-order valence-corrected chi connectivity index (χ3v) is 4.11. The first-order valence-corrected chi connectivity index (χ1v) is 8.20. The largest absolute Gasteiger partial charge is 0.454 e. The SMILES string of the molecule is Cc1c(Cl)cccc1NC(=O)COC(=O)/C=C/c1ccc2c(c1)OCO2. The van der Waals surface area contributed by atoms with Gasteiger partial charge in [-0.3, -0.25) is 4.79 Å². The van der Waals surface area contributed by atoms with E-state index < -0.39 is 18.5 Å². The average molecular weight is 374 g/mol. The molecule has 0 atom stereocenters. The van der Waals surface area contributed by atoms with E-state index in [2.05, 4.69) is 5.32 Å². The summed E-state index contributed by atoms with van der Waals surface area (Å²) in [5.41, 5.74) is 2.08. The summed E-state index contributed by atoms with van der Waals surface area (Å²) in [5, 5.41) is 3.20. The number of amides is 1. The van der Waals surface area contributed by atoms with Crippen LogP contribution in [0.1, 0.15) is 11.1 Å². The Labute approximate surface area is 155 Å². The summed E-state index contributed by atoms with van der Waals surface area (Å²) in [5.74, 6) is 0.218. The van der Waals surface area contributed by atoms with Gasteiger partial charge in [0.05, 0.1) is 0 Å². The lowest BCUT2D eigenvalue weighted by Gasteiger charge is -2.09. The van der Waals surface area contributed by atoms with Crippen molar-refractivity contribution in [1.29, 1.82) is 0 Å². The lowest BCUT2D eigenvalue weighted by Crippen LogP contribution is -2.20. The van der Waals surface area contributed by atoms with Crippen molar-refractivity contribution < 1.29 is 23.8 Å². The van der Waals surface area contributed by atoms with Crippen LogP contribution < -0.4 is 14.8 Å². The van der Waals surface area contributed by atoms with Crippen LogP contribution >= 0.6 is 11.6 Å². The third kappa shape index (κ3) is 4.34. The molecule has 1 heterocycles. The molecule has 26 heavy (non-hydrogen) atoms. The highest BCUT2D eigenvalue weighted by molar-refractivity contribution is 6.31. The van der Waals surface area contributed by atoms with E-state index in [1.54, 1.807) is 49.4 Å². The van der Waals surface area contributed by atoms with Gasteiger partial charge >= 0.3 is 5.97 Å². The molecular formula is C19H16ClNO5. The van der Waals surface area contributed by atoms with Crippen molar-refractivity contribution in [3.63, 3.8) is 0 Å². The van der Waals surface area contributed by atoms with Gasteiger partial charge in [-0.1, -0.05) is 23.7 Å². The second-order valence-corrected chi connectivity index (χ2v) is 5.92. The molecule has 1 aliphatic heterocycles. The molecule has 0 aromatic heterocycles. The summed E-state index contributed by atoms with van der Waals surface area (Å²) in [7, 11) is 0. The van der Waals surface area contributed by atoms with Crippen LogP contribution in [0.15, 0.2) is 42.5 Å². The minimum absolute atomic E-state index is 0.186. The first-order chi connectivity index (χ1) is 12.5. The molecule has 0 spiro atoms. The number of nitrogens with one attached hydrogen (secondary N) is 1. The smallest absolute Gasteiger partial charge is 0.331 e. The highest BCUT2D eigenvalue weighted by Gasteiger charge is 2.12. The molecule has 2 aromatic rings. The van der Waals surface area contributed by atoms with E-state index in [0.29, 0.717) is 22.2 Å². The zero-order valence-corrected chi connectivity index (χ0v) is 14.7. The third-order valence-electron chi connectivity index (χ3n) is 3.70. The first kappa shape index (κ1) is 17.8. The van der Waals surface area contributed by atoms with Gasteiger partial charge in [-0.25, -0.2) is 4.79 Å². The Hall–Kier alpha value is -2.99. The summed E-state index contributed by atoms with van der Waals surface area (Å²) < 4.78 is 15.4. The number of esters is 1. The molecule has 0 radical (unpaired) electrons. The lowest BCUT2D eigenvalue weighted by atomic mass is 10.2. The number of halogens is 1. The van der Waals surface area contributed by atoms with Crippen molar-refractivity contribution >= 4 is 35.2 Å². The van der Waals surface area contributed by atoms with Gasteiger partial charge in [-0.2, -0.15) is 0 Å². The maximum Gasteiger partial charge on any atom is 0.331 e. The van der Waals surface area contributed by atoms with E-state index in [1.165, 1.54) is 6.08 Å². The molecule has 3 rings (SSSR count). The van der Waals surface area contributed by atoms with Gasteiger partial charge in [-0.05, 0) is 48.4 Å². The molecule has 134 valence electrons. The number of ether oxygens (including phenoxy) is 3. The van der Waals surface area contributed by atoms with Crippen LogP contribution in [0.3, 0.4) is 0 Å². The van der Waals surface area contributed by atoms with Crippen LogP contribution in [0.2, 0.25) is 5.02 Å². The van der Waals surface area contributed by atoms with E-state index in [-0.39, 0.29) is 6.79 Å². The van der Waals surface area contributed by atoms with Crippen LogP contribution in [-0.4, -0.2) is 25.3 Å². The predicted octanol–water partition coefficient (Wildman–Crippen LogP) is 3.57. The van der Waals surface area contributed by atoms with Crippen LogP contribution in [0, 0.1) is 6.92 Å². The molecule has 0 saturated carbocycles. The van der Waals surface area contributed by atoms with Gasteiger partial charge in [0.25, 0.3) is 5.91 Å². The Balaban J connectivity index is 1.50. The van der Waals surface area contributed by atoms with Crippen molar-refractivity contribution in [3.05, 3.63) is 58.6 Å². The van der Waals surface area contributed by atoms with Crippen molar-refractivity contribution in [2.24, 2.45) is 0 Å². The molecule has 0 unspecified atom stereocenters. The first-order valence-electron chi connectivity index (χ1n) is 7.82. The monoisotopic (exact) mass is 373 g/mol. The summed E-state index contributed by atoms with van der Waals surface area (Å²) in [6, 6.07) is 10.5. The maximum atomic E-state index is 11.9. The Morgan fingerprint density at radius 1 is 1.23 bits per heavy atom. The van der Waals surface area contributed by atoms with Gasteiger partial charge in [0, 0.05) is 16.8 Å². The van der Waals surface area contributed by atoms with Crippen LogP contribution in [0.4, 0.5) is 5.69 Å².